The van der Waals surface area contributed by atoms with Gasteiger partial charge in [-0.25, -0.2) is 4.79 Å². The topological polar surface area (TPSA) is 52.3 Å². The second-order valence-corrected chi connectivity index (χ2v) is 2.80. The Balaban J connectivity index is 2.90. The molecule has 14 heavy (non-hydrogen) atoms. The van der Waals surface area contributed by atoms with E-state index in [1.54, 1.807) is 13.0 Å². The Bertz CT molecular complexity index is 332. The molecule has 1 aromatic rings. The Hall–Kier alpha value is -1.65. The van der Waals surface area contributed by atoms with Gasteiger partial charge in [0.1, 0.15) is 0 Å². The zero-order chi connectivity index (χ0) is 10.7. The first kappa shape index (κ1) is 10.4. The van der Waals surface area contributed by atoms with Gasteiger partial charge in [0.2, 0.25) is 0 Å². The maximum atomic E-state index is 11.7. The van der Waals surface area contributed by atoms with Crippen molar-refractivity contribution < 1.29 is 18.3 Å². The molecule has 1 aromatic carbocycles. The first-order chi connectivity index (χ1) is 6.49. The number of esters is 1. The molecule has 0 aliphatic heterocycles. The highest BCUT2D eigenvalue weighted by molar-refractivity contribution is 5.90. The predicted octanol–water partition coefficient (Wildman–Crippen LogP) is 1.96. The lowest BCUT2D eigenvalue weighted by Gasteiger charge is -2.04. The summed E-state index contributed by atoms with van der Waals surface area (Å²) in [5.74, 6) is -1.07. The predicted molar refractivity (Wildman–Crippen MR) is 47.0 cm³/mol. The molecule has 0 atom stereocenters. The highest BCUT2D eigenvalue weighted by Crippen LogP contribution is 2.13. The minimum atomic E-state index is -3.11. The molecule has 5 heteroatoms. The molecular weight excluding hydrogens is 192 g/mol. The van der Waals surface area contributed by atoms with E-state index in [1.807, 2.05) is 0 Å². The summed E-state index contributed by atoms with van der Waals surface area (Å²) < 4.78 is 27.1. The summed E-state index contributed by atoms with van der Waals surface area (Å²) in [5.41, 5.74) is 6.52. The average Bonchev–Trinajstić information content (AvgIpc) is 2.00. The molecular formula is C9H9F2NO2. The van der Waals surface area contributed by atoms with E-state index in [0.29, 0.717) is 11.3 Å². The van der Waals surface area contributed by atoms with Crippen molar-refractivity contribution >= 4 is 11.7 Å². The van der Waals surface area contributed by atoms with Crippen LogP contribution in [0.5, 0.6) is 0 Å². The van der Waals surface area contributed by atoms with Crippen LogP contribution in [0.4, 0.5) is 14.5 Å². The van der Waals surface area contributed by atoms with Gasteiger partial charge in [-0.05, 0) is 30.7 Å². The van der Waals surface area contributed by atoms with Gasteiger partial charge in [-0.3, -0.25) is 0 Å². The van der Waals surface area contributed by atoms with Gasteiger partial charge in [-0.15, -0.1) is 0 Å². The van der Waals surface area contributed by atoms with E-state index in [9.17, 15) is 13.6 Å². The van der Waals surface area contributed by atoms with Crippen LogP contribution in [0, 0.1) is 6.92 Å². The Morgan fingerprint density at radius 3 is 2.57 bits per heavy atom. The number of carbonyl (C=O) groups excluding carboxylic acids is 1. The number of alkyl halides is 2. The summed E-state index contributed by atoms with van der Waals surface area (Å²) in [6.07, 6.45) is 0. The summed E-state index contributed by atoms with van der Waals surface area (Å²) in [4.78, 5) is 11.0. The number of hydrogen-bond acceptors (Lipinski definition) is 3. The van der Waals surface area contributed by atoms with Gasteiger partial charge >= 0.3 is 12.6 Å². The van der Waals surface area contributed by atoms with Crippen molar-refractivity contribution in [2.24, 2.45) is 0 Å². The highest BCUT2D eigenvalue weighted by Gasteiger charge is 2.13. The Kier molecular flexibility index (Phi) is 3.01. The summed E-state index contributed by atoms with van der Waals surface area (Å²) in [7, 11) is 0. The molecule has 0 heterocycles. The first-order valence-electron chi connectivity index (χ1n) is 3.85. The number of benzene rings is 1. The van der Waals surface area contributed by atoms with Gasteiger partial charge in [0.05, 0.1) is 5.56 Å². The smallest absolute Gasteiger partial charge is 0.389 e. The van der Waals surface area contributed by atoms with E-state index >= 15 is 0 Å². The van der Waals surface area contributed by atoms with E-state index in [2.05, 4.69) is 4.74 Å². The minimum absolute atomic E-state index is 0.0304. The molecule has 0 fully saturated rings. The van der Waals surface area contributed by atoms with Gasteiger partial charge in [0.15, 0.2) is 0 Å². The van der Waals surface area contributed by atoms with Crippen LogP contribution in [0.2, 0.25) is 0 Å². The Labute approximate surface area is 79.5 Å². The van der Waals surface area contributed by atoms with Crippen molar-refractivity contribution in [3.8, 4) is 0 Å². The third-order valence-electron chi connectivity index (χ3n) is 1.53. The molecule has 0 aliphatic rings. The van der Waals surface area contributed by atoms with E-state index in [1.165, 1.54) is 12.1 Å². The van der Waals surface area contributed by atoms with Gasteiger partial charge in [-0.2, -0.15) is 8.78 Å². The van der Waals surface area contributed by atoms with Crippen molar-refractivity contribution in [3.05, 3.63) is 29.3 Å². The number of aryl methyl sites for hydroxylation is 1. The molecule has 1 rings (SSSR count). The second kappa shape index (κ2) is 4.04. The van der Waals surface area contributed by atoms with Gasteiger partial charge < -0.3 is 10.5 Å². The molecule has 0 saturated carbocycles. The fraction of sp³-hybridized carbons (Fsp3) is 0.222. The van der Waals surface area contributed by atoms with Crippen molar-refractivity contribution in [3.63, 3.8) is 0 Å². The lowest BCUT2D eigenvalue weighted by atomic mass is 10.1. The maximum Gasteiger partial charge on any atom is 0.389 e. The molecule has 0 bridgehead atoms. The lowest BCUT2D eigenvalue weighted by molar-refractivity contribution is -0.0906. The number of carbonyl (C=O) groups is 1. The van der Waals surface area contributed by atoms with Crippen LogP contribution in [-0.4, -0.2) is 12.6 Å². The third kappa shape index (κ3) is 2.69. The molecule has 0 radical (unpaired) electrons. The molecule has 3 nitrogen and oxygen atoms in total. The molecule has 76 valence electrons. The highest BCUT2D eigenvalue weighted by atomic mass is 19.3. The standard InChI is InChI=1S/C9H9F2NO2/c1-5-2-6(4-7(12)3-5)8(13)14-9(10)11/h2-4,9H,12H2,1H3. The molecule has 0 saturated heterocycles. The fourth-order valence-electron chi connectivity index (χ4n) is 1.08. The Morgan fingerprint density at radius 2 is 2.07 bits per heavy atom. The van der Waals surface area contributed by atoms with Crippen molar-refractivity contribution in [1.29, 1.82) is 0 Å². The van der Waals surface area contributed by atoms with E-state index in [0.717, 1.165) is 0 Å². The number of rotatable bonds is 2. The number of halogens is 2. The molecule has 0 aromatic heterocycles. The molecule has 0 aliphatic carbocycles. The first-order valence-corrected chi connectivity index (χ1v) is 3.85. The lowest BCUT2D eigenvalue weighted by Crippen LogP contribution is -2.10. The monoisotopic (exact) mass is 201 g/mol. The number of nitrogens with two attached hydrogens (primary N) is 1. The number of anilines is 1. The van der Waals surface area contributed by atoms with Gasteiger partial charge in [0, 0.05) is 5.69 Å². The fourth-order valence-corrected chi connectivity index (χ4v) is 1.08. The number of ether oxygens (including phenoxy) is 1. The largest absolute Gasteiger partial charge is 0.399 e. The zero-order valence-electron chi connectivity index (χ0n) is 7.46. The van der Waals surface area contributed by atoms with Crippen LogP contribution in [-0.2, 0) is 4.74 Å². The molecule has 0 unspecified atom stereocenters. The SMILES string of the molecule is Cc1cc(N)cc(C(=O)OC(F)F)c1. The molecule has 2 N–H and O–H groups in total. The van der Waals surface area contributed by atoms with Gasteiger partial charge in [0.25, 0.3) is 0 Å². The average molecular weight is 201 g/mol. The van der Waals surface area contributed by atoms with Crippen LogP contribution >= 0.6 is 0 Å². The normalized spacial score (nSPS) is 10.3. The summed E-state index contributed by atoms with van der Waals surface area (Å²) in [6.45, 7) is -1.40. The van der Waals surface area contributed by atoms with Crippen LogP contribution in [0.1, 0.15) is 15.9 Å². The number of nitrogen functional groups attached to an aromatic ring is 1. The van der Waals surface area contributed by atoms with E-state index in [-0.39, 0.29) is 5.56 Å². The van der Waals surface area contributed by atoms with Crippen LogP contribution in [0.3, 0.4) is 0 Å². The summed E-state index contributed by atoms with van der Waals surface area (Å²) >= 11 is 0. The van der Waals surface area contributed by atoms with Crippen molar-refractivity contribution in [2.45, 2.75) is 13.5 Å². The maximum absolute atomic E-state index is 11.7. The van der Waals surface area contributed by atoms with E-state index in [4.69, 9.17) is 5.73 Å². The van der Waals surface area contributed by atoms with E-state index < -0.39 is 12.6 Å². The summed E-state index contributed by atoms with van der Waals surface area (Å²) in [6, 6.07) is 4.35. The molecule has 0 amide bonds. The Morgan fingerprint density at radius 1 is 1.43 bits per heavy atom. The van der Waals surface area contributed by atoms with Crippen LogP contribution in [0.25, 0.3) is 0 Å². The van der Waals surface area contributed by atoms with Crippen LogP contribution < -0.4 is 5.73 Å². The molecule has 0 spiro atoms. The zero-order valence-corrected chi connectivity index (χ0v) is 7.46. The number of hydrogen-bond donors (Lipinski definition) is 1. The van der Waals surface area contributed by atoms with Gasteiger partial charge in [-0.1, -0.05) is 0 Å². The second-order valence-electron chi connectivity index (χ2n) is 2.80. The van der Waals surface area contributed by atoms with Crippen molar-refractivity contribution in [2.75, 3.05) is 5.73 Å². The minimum Gasteiger partial charge on any atom is -0.399 e. The third-order valence-corrected chi connectivity index (χ3v) is 1.53. The van der Waals surface area contributed by atoms with Crippen molar-refractivity contribution in [1.82, 2.24) is 0 Å². The van der Waals surface area contributed by atoms with Crippen LogP contribution in [0.15, 0.2) is 18.2 Å². The quantitative estimate of drug-likeness (QED) is 0.587. The summed E-state index contributed by atoms with van der Waals surface area (Å²) in [5, 5.41) is 0.